The zero-order valence-corrected chi connectivity index (χ0v) is 13.9. The Balaban J connectivity index is 2.08. The summed E-state index contributed by atoms with van der Waals surface area (Å²) in [5.41, 5.74) is 2.41. The van der Waals surface area contributed by atoms with Gasteiger partial charge in [0.25, 0.3) is 0 Å². The number of carbonyl (C=O) groups excluding carboxylic acids is 1. The van der Waals surface area contributed by atoms with E-state index in [2.05, 4.69) is 5.48 Å². The standard InChI is InChI=1S/C18H21NO5/c1-18(2,3)23-17(22)24-19-15(16(20)21)11-13-9-6-8-12-7-4-5-10-14(12)13/h4-10,15,19H,11H2,1-3H3,(H,20,21)/t15-/m0/s1. The van der Waals surface area contributed by atoms with Crippen molar-refractivity contribution in [2.24, 2.45) is 0 Å². The maximum atomic E-state index is 11.6. The van der Waals surface area contributed by atoms with Gasteiger partial charge in [-0.05, 0) is 37.1 Å². The van der Waals surface area contributed by atoms with Crippen molar-refractivity contribution in [2.45, 2.75) is 38.8 Å². The van der Waals surface area contributed by atoms with E-state index in [9.17, 15) is 14.7 Å². The molecule has 0 saturated heterocycles. The quantitative estimate of drug-likeness (QED) is 0.646. The van der Waals surface area contributed by atoms with E-state index in [0.29, 0.717) is 0 Å². The van der Waals surface area contributed by atoms with Crippen molar-refractivity contribution in [3.05, 3.63) is 48.0 Å². The molecule has 0 bridgehead atoms. The number of hydrogen-bond acceptors (Lipinski definition) is 5. The van der Waals surface area contributed by atoms with E-state index in [1.807, 2.05) is 42.5 Å². The first-order valence-electron chi connectivity index (χ1n) is 7.61. The Morgan fingerprint density at radius 2 is 1.79 bits per heavy atom. The summed E-state index contributed by atoms with van der Waals surface area (Å²) in [5, 5.41) is 11.3. The van der Waals surface area contributed by atoms with Crippen molar-refractivity contribution >= 4 is 22.9 Å². The molecule has 0 unspecified atom stereocenters. The summed E-state index contributed by atoms with van der Waals surface area (Å²) in [7, 11) is 0. The fraction of sp³-hybridized carbons (Fsp3) is 0.333. The Bertz CT molecular complexity index is 730. The molecule has 0 heterocycles. The molecule has 0 spiro atoms. The third-order valence-corrected chi connectivity index (χ3v) is 3.28. The van der Waals surface area contributed by atoms with Crippen molar-refractivity contribution in [3.8, 4) is 0 Å². The first kappa shape index (κ1) is 17.7. The Morgan fingerprint density at radius 1 is 1.12 bits per heavy atom. The Morgan fingerprint density at radius 3 is 2.46 bits per heavy atom. The Kier molecular flexibility index (Phi) is 5.41. The molecular formula is C18H21NO5. The molecule has 0 amide bonds. The summed E-state index contributed by atoms with van der Waals surface area (Å²) in [6, 6.07) is 12.3. The average molecular weight is 331 g/mol. The summed E-state index contributed by atoms with van der Waals surface area (Å²) in [5.74, 6) is -1.12. The number of nitrogens with one attached hydrogen (secondary N) is 1. The van der Waals surface area contributed by atoms with E-state index in [4.69, 9.17) is 9.57 Å². The van der Waals surface area contributed by atoms with Crippen LogP contribution in [-0.4, -0.2) is 28.9 Å². The maximum Gasteiger partial charge on any atom is 0.528 e. The molecule has 2 rings (SSSR count). The van der Waals surface area contributed by atoms with Gasteiger partial charge in [0.2, 0.25) is 0 Å². The zero-order valence-electron chi connectivity index (χ0n) is 13.9. The molecule has 1 atom stereocenters. The molecule has 2 N–H and O–H groups in total. The topological polar surface area (TPSA) is 84.9 Å². The van der Waals surface area contributed by atoms with Crippen LogP contribution >= 0.6 is 0 Å². The second-order valence-electron chi connectivity index (χ2n) is 6.42. The molecule has 2 aromatic rings. The minimum atomic E-state index is -1.12. The van der Waals surface area contributed by atoms with Crippen LogP contribution in [0.5, 0.6) is 0 Å². The van der Waals surface area contributed by atoms with Gasteiger partial charge in [-0.3, -0.25) is 4.79 Å². The molecule has 0 aliphatic heterocycles. The molecular weight excluding hydrogens is 310 g/mol. The van der Waals surface area contributed by atoms with Crippen LogP contribution in [0, 0.1) is 0 Å². The average Bonchev–Trinajstić information content (AvgIpc) is 2.49. The third-order valence-electron chi connectivity index (χ3n) is 3.28. The lowest BCUT2D eigenvalue weighted by Crippen LogP contribution is -2.41. The normalized spacial score (nSPS) is 12.6. The lowest BCUT2D eigenvalue weighted by molar-refractivity contribution is -0.143. The number of ether oxygens (including phenoxy) is 1. The predicted molar refractivity (Wildman–Crippen MR) is 89.5 cm³/mol. The van der Waals surface area contributed by atoms with Crippen LogP contribution in [0.1, 0.15) is 26.3 Å². The van der Waals surface area contributed by atoms with Crippen molar-refractivity contribution < 1.29 is 24.3 Å². The van der Waals surface area contributed by atoms with E-state index in [0.717, 1.165) is 16.3 Å². The SMILES string of the molecule is CC(C)(C)OC(=O)ON[C@@H](Cc1cccc2ccccc12)C(=O)O. The molecule has 2 aromatic carbocycles. The highest BCUT2D eigenvalue weighted by atomic mass is 16.8. The van der Waals surface area contributed by atoms with Crippen molar-refractivity contribution in [3.63, 3.8) is 0 Å². The van der Waals surface area contributed by atoms with Gasteiger partial charge < -0.3 is 14.7 Å². The highest BCUT2D eigenvalue weighted by molar-refractivity contribution is 5.86. The summed E-state index contributed by atoms with van der Waals surface area (Å²) >= 11 is 0. The van der Waals surface area contributed by atoms with Gasteiger partial charge in [0, 0.05) is 6.42 Å². The van der Waals surface area contributed by atoms with Crippen LogP contribution in [0.15, 0.2) is 42.5 Å². The zero-order chi connectivity index (χ0) is 17.7. The molecule has 0 aliphatic carbocycles. The molecule has 0 aromatic heterocycles. The van der Waals surface area contributed by atoms with E-state index in [1.54, 1.807) is 20.8 Å². The van der Waals surface area contributed by atoms with Crippen molar-refractivity contribution in [2.75, 3.05) is 0 Å². The first-order chi connectivity index (χ1) is 11.3. The lowest BCUT2D eigenvalue weighted by Gasteiger charge is -2.20. The van der Waals surface area contributed by atoms with E-state index >= 15 is 0 Å². The fourth-order valence-corrected chi connectivity index (χ4v) is 2.26. The predicted octanol–water partition coefficient (Wildman–Crippen LogP) is 3.29. The van der Waals surface area contributed by atoms with Crippen LogP contribution in [0.25, 0.3) is 10.8 Å². The van der Waals surface area contributed by atoms with Gasteiger partial charge in [0.05, 0.1) is 0 Å². The second-order valence-corrected chi connectivity index (χ2v) is 6.42. The number of carbonyl (C=O) groups is 2. The molecule has 24 heavy (non-hydrogen) atoms. The number of hydroxylamine groups is 1. The van der Waals surface area contributed by atoms with Gasteiger partial charge in [0.15, 0.2) is 0 Å². The lowest BCUT2D eigenvalue weighted by atomic mass is 9.99. The van der Waals surface area contributed by atoms with Gasteiger partial charge in [0.1, 0.15) is 11.6 Å². The van der Waals surface area contributed by atoms with E-state index < -0.39 is 23.8 Å². The Labute approximate surface area is 140 Å². The Hall–Kier alpha value is -2.60. The molecule has 6 nitrogen and oxygen atoms in total. The molecule has 6 heteroatoms. The van der Waals surface area contributed by atoms with Crippen molar-refractivity contribution in [1.29, 1.82) is 0 Å². The highest BCUT2D eigenvalue weighted by Gasteiger charge is 2.23. The number of fused-ring (bicyclic) bond motifs is 1. The van der Waals surface area contributed by atoms with Gasteiger partial charge >= 0.3 is 12.1 Å². The number of carboxylic acid groups (broad SMARTS) is 1. The van der Waals surface area contributed by atoms with Crippen LogP contribution in [0.2, 0.25) is 0 Å². The summed E-state index contributed by atoms with van der Waals surface area (Å²) in [6.07, 6.45) is -0.800. The smallest absolute Gasteiger partial charge is 0.480 e. The van der Waals surface area contributed by atoms with Crippen LogP contribution < -0.4 is 5.48 Å². The van der Waals surface area contributed by atoms with Gasteiger partial charge in [-0.25, -0.2) is 4.79 Å². The number of aliphatic carboxylic acids is 1. The number of carboxylic acids is 1. The second kappa shape index (κ2) is 7.31. The summed E-state index contributed by atoms with van der Waals surface area (Å²) in [4.78, 5) is 27.7. The van der Waals surface area contributed by atoms with Gasteiger partial charge in [-0.2, -0.15) is 0 Å². The number of benzene rings is 2. The van der Waals surface area contributed by atoms with E-state index in [-0.39, 0.29) is 6.42 Å². The van der Waals surface area contributed by atoms with Gasteiger partial charge in [-0.15, -0.1) is 5.48 Å². The minimum absolute atomic E-state index is 0.166. The highest BCUT2D eigenvalue weighted by Crippen LogP contribution is 2.20. The maximum absolute atomic E-state index is 11.6. The summed E-state index contributed by atoms with van der Waals surface area (Å²) < 4.78 is 4.97. The van der Waals surface area contributed by atoms with Crippen LogP contribution in [0.3, 0.4) is 0 Å². The summed E-state index contributed by atoms with van der Waals surface area (Å²) in [6.45, 7) is 5.08. The molecule has 0 fully saturated rings. The number of hydrogen-bond donors (Lipinski definition) is 2. The van der Waals surface area contributed by atoms with Crippen LogP contribution in [0.4, 0.5) is 4.79 Å². The molecule has 0 saturated carbocycles. The molecule has 128 valence electrons. The largest absolute Gasteiger partial charge is 0.528 e. The van der Waals surface area contributed by atoms with E-state index in [1.165, 1.54) is 0 Å². The van der Waals surface area contributed by atoms with Crippen LogP contribution in [-0.2, 0) is 20.8 Å². The minimum Gasteiger partial charge on any atom is -0.480 e. The first-order valence-corrected chi connectivity index (χ1v) is 7.61. The number of rotatable bonds is 5. The molecule has 0 aliphatic rings. The monoisotopic (exact) mass is 331 g/mol. The van der Waals surface area contributed by atoms with Gasteiger partial charge in [-0.1, -0.05) is 42.5 Å². The van der Waals surface area contributed by atoms with Crippen molar-refractivity contribution in [1.82, 2.24) is 5.48 Å². The third kappa shape index (κ3) is 4.96. The molecule has 0 radical (unpaired) electrons. The fourth-order valence-electron chi connectivity index (χ4n) is 2.26.